The first-order chi connectivity index (χ1) is 13.4. The number of carbonyl (C=O) groups is 1. The van der Waals surface area contributed by atoms with Crippen LogP contribution in [0.4, 0.5) is 0 Å². The van der Waals surface area contributed by atoms with Crippen LogP contribution in [0.3, 0.4) is 0 Å². The number of ether oxygens (including phenoxy) is 5. The van der Waals surface area contributed by atoms with E-state index in [0.717, 1.165) is 17.6 Å². The van der Waals surface area contributed by atoms with Crippen LogP contribution in [0.15, 0.2) is 29.9 Å². The monoisotopic (exact) mass is 388 g/mol. The predicted molar refractivity (Wildman–Crippen MR) is 106 cm³/mol. The van der Waals surface area contributed by atoms with Crippen molar-refractivity contribution in [1.29, 1.82) is 0 Å². The lowest BCUT2D eigenvalue weighted by Gasteiger charge is -2.54. The van der Waals surface area contributed by atoms with E-state index >= 15 is 0 Å². The molecule has 3 aliphatic rings. The number of fused-ring (bicyclic) bond motifs is 1. The van der Waals surface area contributed by atoms with Crippen molar-refractivity contribution in [2.24, 2.45) is 17.3 Å². The van der Waals surface area contributed by atoms with Gasteiger partial charge in [-0.2, -0.15) is 0 Å². The molecule has 6 nitrogen and oxygen atoms in total. The SMILES string of the molecule is COCOc1cc(C=CC2=CC(=O)[C@H]3C[C@@H]2C3(C)C)cc(OC)c1OCOC. The molecule has 4 rings (SSSR count). The Hall–Kier alpha value is -2.31. The number of hydrogen-bond acceptors (Lipinski definition) is 6. The molecule has 152 valence electrons. The number of ketones is 1. The maximum Gasteiger partial charge on any atom is 0.206 e. The molecule has 1 fully saturated rings. The Morgan fingerprint density at radius 3 is 2.29 bits per heavy atom. The van der Waals surface area contributed by atoms with Gasteiger partial charge in [0, 0.05) is 20.1 Å². The van der Waals surface area contributed by atoms with Gasteiger partial charge in [0.15, 0.2) is 30.9 Å². The maximum absolute atomic E-state index is 12.3. The minimum absolute atomic E-state index is 0.0355. The second kappa shape index (κ2) is 8.37. The first kappa shape index (κ1) is 20.4. The quantitative estimate of drug-likeness (QED) is 0.599. The van der Waals surface area contributed by atoms with Crippen LogP contribution in [-0.4, -0.2) is 40.7 Å². The second-order valence-electron chi connectivity index (χ2n) is 7.69. The highest BCUT2D eigenvalue weighted by atomic mass is 16.7. The normalized spacial score (nSPS) is 22.6. The van der Waals surface area contributed by atoms with Gasteiger partial charge in [0.1, 0.15) is 0 Å². The molecule has 0 unspecified atom stereocenters. The Labute approximate surface area is 166 Å². The third-order valence-corrected chi connectivity index (χ3v) is 5.71. The van der Waals surface area contributed by atoms with Crippen molar-refractivity contribution in [3.8, 4) is 17.2 Å². The molecule has 1 aromatic rings. The number of benzene rings is 1. The average molecular weight is 388 g/mol. The number of methoxy groups -OCH3 is 3. The lowest BCUT2D eigenvalue weighted by molar-refractivity contribution is -0.133. The Bertz CT molecular complexity index is 792. The summed E-state index contributed by atoms with van der Waals surface area (Å²) in [4.78, 5) is 12.3. The first-order valence-corrected chi connectivity index (χ1v) is 9.31. The zero-order valence-corrected chi connectivity index (χ0v) is 17.1. The zero-order valence-electron chi connectivity index (χ0n) is 17.1. The Balaban J connectivity index is 1.89. The molecule has 0 aromatic heterocycles. The lowest BCUT2D eigenvalue weighted by Crippen LogP contribution is -2.52. The van der Waals surface area contributed by atoms with E-state index in [1.165, 1.54) is 0 Å². The molecule has 0 spiro atoms. The highest BCUT2D eigenvalue weighted by Gasteiger charge is 2.54. The smallest absolute Gasteiger partial charge is 0.206 e. The zero-order chi connectivity index (χ0) is 20.3. The van der Waals surface area contributed by atoms with Gasteiger partial charge in [0.2, 0.25) is 5.75 Å². The molecule has 0 radical (unpaired) electrons. The van der Waals surface area contributed by atoms with E-state index < -0.39 is 0 Å². The summed E-state index contributed by atoms with van der Waals surface area (Å²) >= 11 is 0. The lowest BCUT2D eigenvalue weighted by atomic mass is 9.48. The van der Waals surface area contributed by atoms with E-state index in [0.29, 0.717) is 23.2 Å². The van der Waals surface area contributed by atoms with Crippen LogP contribution in [0.25, 0.3) is 6.08 Å². The number of allylic oxidation sites excluding steroid dienone is 3. The fraction of sp³-hybridized carbons (Fsp3) is 0.500. The first-order valence-electron chi connectivity index (χ1n) is 9.31. The minimum atomic E-state index is 0.0355. The molecule has 0 aliphatic heterocycles. The van der Waals surface area contributed by atoms with Crippen LogP contribution >= 0.6 is 0 Å². The predicted octanol–water partition coefficient (Wildman–Crippen LogP) is 3.85. The average Bonchev–Trinajstić information content (AvgIpc) is 2.68. The summed E-state index contributed by atoms with van der Waals surface area (Å²) in [7, 11) is 4.67. The summed E-state index contributed by atoms with van der Waals surface area (Å²) in [5.74, 6) is 2.30. The molecular weight excluding hydrogens is 360 g/mol. The van der Waals surface area contributed by atoms with Gasteiger partial charge in [-0.25, -0.2) is 0 Å². The Morgan fingerprint density at radius 1 is 1.00 bits per heavy atom. The van der Waals surface area contributed by atoms with Gasteiger partial charge in [-0.15, -0.1) is 0 Å². The van der Waals surface area contributed by atoms with Crippen LogP contribution in [-0.2, 0) is 14.3 Å². The largest absolute Gasteiger partial charge is 0.493 e. The summed E-state index contributed by atoms with van der Waals surface area (Å²) < 4.78 is 26.7. The van der Waals surface area contributed by atoms with E-state index in [-0.39, 0.29) is 30.7 Å². The summed E-state index contributed by atoms with van der Waals surface area (Å²) in [5, 5.41) is 0. The number of carbonyl (C=O) groups excluding carboxylic acids is 1. The van der Waals surface area contributed by atoms with Crippen LogP contribution in [0.5, 0.6) is 17.2 Å². The van der Waals surface area contributed by atoms with Crippen LogP contribution in [0, 0.1) is 17.3 Å². The molecule has 6 heteroatoms. The highest BCUT2D eigenvalue weighted by molar-refractivity contribution is 5.96. The third kappa shape index (κ3) is 3.80. The third-order valence-electron chi connectivity index (χ3n) is 5.71. The molecule has 3 aliphatic carbocycles. The van der Waals surface area contributed by atoms with Crippen molar-refractivity contribution in [3.63, 3.8) is 0 Å². The summed E-state index contributed by atoms with van der Waals surface area (Å²) in [5.41, 5.74) is 1.99. The van der Waals surface area contributed by atoms with Gasteiger partial charge >= 0.3 is 0 Å². The van der Waals surface area contributed by atoms with Gasteiger partial charge in [-0.3, -0.25) is 4.79 Å². The van der Waals surface area contributed by atoms with Crippen molar-refractivity contribution in [1.82, 2.24) is 0 Å². The molecule has 1 aromatic carbocycles. The fourth-order valence-corrected chi connectivity index (χ4v) is 4.03. The van der Waals surface area contributed by atoms with Crippen LogP contribution in [0.1, 0.15) is 25.8 Å². The number of rotatable bonds is 9. The fourth-order valence-electron chi connectivity index (χ4n) is 4.03. The maximum atomic E-state index is 12.3. The van der Waals surface area contributed by atoms with Gasteiger partial charge in [0.05, 0.1) is 7.11 Å². The molecule has 2 bridgehead atoms. The standard InChI is InChI=1S/C22H28O6/c1-22(2)16-11-17(22)18(23)10-15(16)7-6-14-8-19(26-5)21(28-13-25-4)20(9-14)27-12-24-3/h6-10,16-17H,11-13H2,1-5H3/t16-,17+/m0/s1. The topological polar surface area (TPSA) is 63.2 Å². The molecule has 28 heavy (non-hydrogen) atoms. The molecule has 0 N–H and O–H groups in total. The van der Waals surface area contributed by atoms with Gasteiger partial charge in [0.25, 0.3) is 0 Å². The minimum Gasteiger partial charge on any atom is -0.493 e. The van der Waals surface area contributed by atoms with Crippen molar-refractivity contribution in [3.05, 3.63) is 35.4 Å². The van der Waals surface area contributed by atoms with Gasteiger partial charge < -0.3 is 23.7 Å². The van der Waals surface area contributed by atoms with E-state index in [2.05, 4.69) is 13.8 Å². The van der Waals surface area contributed by atoms with E-state index in [1.807, 2.05) is 24.3 Å². The van der Waals surface area contributed by atoms with E-state index in [1.54, 1.807) is 27.4 Å². The molecular formula is C22H28O6. The van der Waals surface area contributed by atoms with Crippen LogP contribution in [0.2, 0.25) is 0 Å². The van der Waals surface area contributed by atoms with E-state index in [4.69, 9.17) is 23.7 Å². The van der Waals surface area contributed by atoms with Gasteiger partial charge in [-0.1, -0.05) is 26.0 Å². The van der Waals surface area contributed by atoms with Crippen molar-refractivity contribution in [2.75, 3.05) is 34.9 Å². The molecule has 1 saturated carbocycles. The molecule has 2 atom stereocenters. The van der Waals surface area contributed by atoms with Crippen molar-refractivity contribution >= 4 is 11.9 Å². The summed E-state index contributed by atoms with van der Waals surface area (Å²) in [6.45, 7) is 4.50. The summed E-state index contributed by atoms with van der Waals surface area (Å²) in [6, 6.07) is 3.71. The second-order valence-corrected chi connectivity index (χ2v) is 7.69. The highest BCUT2D eigenvalue weighted by Crippen LogP contribution is 2.58. The summed E-state index contributed by atoms with van der Waals surface area (Å²) in [6.07, 6.45) is 6.72. The van der Waals surface area contributed by atoms with Gasteiger partial charge in [-0.05, 0) is 47.1 Å². The molecule has 0 saturated heterocycles. The van der Waals surface area contributed by atoms with Crippen molar-refractivity contribution < 1.29 is 28.5 Å². The van der Waals surface area contributed by atoms with Crippen LogP contribution < -0.4 is 14.2 Å². The molecule has 0 heterocycles. The number of hydrogen-bond donors (Lipinski definition) is 0. The Kier molecular flexibility index (Phi) is 6.10. The molecule has 0 amide bonds. The Morgan fingerprint density at radius 2 is 1.68 bits per heavy atom. The van der Waals surface area contributed by atoms with E-state index in [9.17, 15) is 4.79 Å². The van der Waals surface area contributed by atoms with Crippen molar-refractivity contribution in [2.45, 2.75) is 20.3 Å².